The Hall–Kier alpha value is -1.81. The molecule has 0 saturated carbocycles. The van der Waals surface area contributed by atoms with Crippen LogP contribution in [-0.2, 0) is 13.6 Å². The molecule has 1 saturated heterocycles. The molecule has 1 aliphatic heterocycles. The van der Waals surface area contributed by atoms with Crippen LogP contribution in [0.15, 0.2) is 23.4 Å². The smallest absolute Gasteiger partial charge is 0.270 e. The second-order valence-corrected chi connectivity index (χ2v) is 6.91. The molecular weight excluding hydrogens is 330 g/mol. The summed E-state index contributed by atoms with van der Waals surface area (Å²) in [5.41, 5.74) is 1.50. The van der Waals surface area contributed by atoms with Crippen molar-refractivity contribution in [3.05, 3.63) is 34.8 Å². The SMILES string of the molecule is Cn1cnc(CN2CC[C@@](O)(CNC(=O)c3cscn3)[C@H](O)C2)c1. The van der Waals surface area contributed by atoms with E-state index in [-0.39, 0.29) is 12.5 Å². The van der Waals surface area contributed by atoms with Gasteiger partial charge >= 0.3 is 0 Å². The van der Waals surface area contributed by atoms with E-state index in [1.807, 2.05) is 22.7 Å². The zero-order valence-corrected chi connectivity index (χ0v) is 14.2. The van der Waals surface area contributed by atoms with Crippen molar-refractivity contribution >= 4 is 17.2 Å². The molecule has 0 unspecified atom stereocenters. The number of aryl methyl sites for hydroxylation is 1. The molecule has 24 heavy (non-hydrogen) atoms. The van der Waals surface area contributed by atoms with Gasteiger partial charge < -0.3 is 20.1 Å². The average molecular weight is 351 g/mol. The van der Waals surface area contributed by atoms with Gasteiger partial charge in [-0.25, -0.2) is 9.97 Å². The quantitative estimate of drug-likeness (QED) is 0.678. The van der Waals surface area contributed by atoms with Crippen LogP contribution in [-0.4, -0.2) is 66.9 Å². The van der Waals surface area contributed by atoms with E-state index in [1.54, 1.807) is 17.2 Å². The van der Waals surface area contributed by atoms with Gasteiger partial charge in [-0.2, -0.15) is 0 Å². The Morgan fingerprint density at radius 3 is 3.00 bits per heavy atom. The number of nitrogens with zero attached hydrogens (tertiary/aromatic N) is 4. The van der Waals surface area contributed by atoms with E-state index in [1.165, 1.54) is 11.3 Å². The average Bonchev–Trinajstić information content (AvgIpc) is 3.21. The Morgan fingerprint density at radius 1 is 1.54 bits per heavy atom. The first-order valence-electron chi connectivity index (χ1n) is 7.72. The van der Waals surface area contributed by atoms with Crippen molar-refractivity contribution in [2.24, 2.45) is 7.05 Å². The summed E-state index contributed by atoms with van der Waals surface area (Å²) in [6.07, 6.45) is 3.10. The van der Waals surface area contributed by atoms with Gasteiger partial charge in [-0.15, -0.1) is 11.3 Å². The Morgan fingerprint density at radius 2 is 2.38 bits per heavy atom. The summed E-state index contributed by atoms with van der Waals surface area (Å²) in [6, 6.07) is 0. The van der Waals surface area contributed by atoms with Crippen LogP contribution in [0.4, 0.5) is 0 Å². The highest BCUT2D eigenvalue weighted by molar-refractivity contribution is 7.07. The Balaban J connectivity index is 1.53. The molecule has 8 nitrogen and oxygen atoms in total. The number of aliphatic hydroxyl groups excluding tert-OH is 1. The molecule has 1 amide bonds. The van der Waals surface area contributed by atoms with E-state index in [2.05, 4.69) is 15.3 Å². The lowest BCUT2D eigenvalue weighted by molar-refractivity contribution is -0.117. The van der Waals surface area contributed by atoms with E-state index < -0.39 is 11.7 Å². The van der Waals surface area contributed by atoms with Crippen molar-refractivity contribution in [3.63, 3.8) is 0 Å². The minimum absolute atomic E-state index is 0.00194. The number of thiazole rings is 1. The lowest BCUT2D eigenvalue weighted by Gasteiger charge is -2.41. The molecule has 3 rings (SSSR count). The summed E-state index contributed by atoms with van der Waals surface area (Å²) < 4.78 is 1.88. The number of β-amino-alcohol motifs (C(OH)–C–C–N with tert-alkyl or cyclic N) is 1. The Labute approximate surface area is 143 Å². The van der Waals surface area contributed by atoms with Gasteiger partial charge in [0.1, 0.15) is 11.3 Å². The molecule has 3 heterocycles. The molecule has 0 aliphatic carbocycles. The number of rotatable bonds is 5. The van der Waals surface area contributed by atoms with Crippen LogP contribution >= 0.6 is 11.3 Å². The van der Waals surface area contributed by atoms with Crippen LogP contribution in [0.5, 0.6) is 0 Å². The van der Waals surface area contributed by atoms with Crippen LogP contribution in [0.2, 0.25) is 0 Å². The number of hydrogen-bond acceptors (Lipinski definition) is 7. The second kappa shape index (κ2) is 6.98. The summed E-state index contributed by atoms with van der Waals surface area (Å²) in [4.78, 5) is 22.2. The number of aromatic nitrogens is 3. The third-order valence-electron chi connectivity index (χ3n) is 4.28. The van der Waals surface area contributed by atoms with Gasteiger partial charge in [0.25, 0.3) is 5.91 Å². The van der Waals surface area contributed by atoms with Crippen molar-refractivity contribution in [2.45, 2.75) is 24.7 Å². The van der Waals surface area contributed by atoms with E-state index in [4.69, 9.17) is 0 Å². The number of nitrogens with one attached hydrogen (secondary N) is 1. The summed E-state index contributed by atoms with van der Waals surface area (Å²) in [6.45, 7) is 1.58. The number of carbonyl (C=O) groups excluding carboxylic acids is 1. The van der Waals surface area contributed by atoms with Crippen molar-refractivity contribution in [1.82, 2.24) is 24.8 Å². The minimum Gasteiger partial charge on any atom is -0.389 e. The normalized spacial score (nSPS) is 24.9. The highest BCUT2D eigenvalue weighted by Crippen LogP contribution is 2.23. The van der Waals surface area contributed by atoms with Crippen LogP contribution in [0.1, 0.15) is 22.6 Å². The molecule has 130 valence electrons. The van der Waals surface area contributed by atoms with E-state index >= 15 is 0 Å². The third-order valence-corrected chi connectivity index (χ3v) is 4.86. The molecule has 0 spiro atoms. The van der Waals surface area contributed by atoms with Crippen LogP contribution in [0, 0.1) is 0 Å². The summed E-state index contributed by atoms with van der Waals surface area (Å²) >= 11 is 1.33. The lowest BCUT2D eigenvalue weighted by Crippen LogP contribution is -2.60. The third kappa shape index (κ3) is 3.81. The van der Waals surface area contributed by atoms with Gasteiger partial charge in [-0.1, -0.05) is 0 Å². The fourth-order valence-electron chi connectivity index (χ4n) is 2.80. The molecular formula is C15H21N5O3S. The first-order chi connectivity index (χ1) is 11.5. The lowest BCUT2D eigenvalue weighted by atomic mass is 9.88. The second-order valence-electron chi connectivity index (χ2n) is 6.19. The van der Waals surface area contributed by atoms with Gasteiger partial charge in [0.2, 0.25) is 0 Å². The maximum Gasteiger partial charge on any atom is 0.270 e. The molecule has 2 aromatic heterocycles. The van der Waals surface area contributed by atoms with Gasteiger partial charge in [-0.05, 0) is 6.42 Å². The number of amides is 1. The van der Waals surface area contributed by atoms with Crippen LogP contribution < -0.4 is 5.32 Å². The molecule has 9 heteroatoms. The number of likely N-dealkylation sites (tertiary alicyclic amines) is 1. The molecule has 2 aromatic rings. The zero-order valence-electron chi connectivity index (χ0n) is 13.4. The van der Waals surface area contributed by atoms with E-state index in [0.717, 1.165) is 5.69 Å². The number of carbonyl (C=O) groups is 1. The van der Waals surface area contributed by atoms with Crippen molar-refractivity contribution in [1.29, 1.82) is 0 Å². The number of aliphatic hydroxyl groups is 2. The zero-order chi connectivity index (χ0) is 17.2. The van der Waals surface area contributed by atoms with E-state index in [0.29, 0.717) is 31.7 Å². The maximum absolute atomic E-state index is 11.9. The monoisotopic (exact) mass is 351 g/mol. The molecule has 2 atom stereocenters. The predicted molar refractivity (Wildman–Crippen MR) is 88.5 cm³/mol. The maximum atomic E-state index is 11.9. The Bertz CT molecular complexity index is 689. The highest BCUT2D eigenvalue weighted by Gasteiger charge is 2.41. The molecule has 0 radical (unpaired) electrons. The molecule has 1 fully saturated rings. The summed E-state index contributed by atoms with van der Waals surface area (Å²) in [5.74, 6) is -0.340. The van der Waals surface area contributed by atoms with Gasteiger partial charge in [-0.3, -0.25) is 9.69 Å². The fourth-order valence-corrected chi connectivity index (χ4v) is 3.33. The van der Waals surface area contributed by atoms with E-state index in [9.17, 15) is 15.0 Å². The largest absolute Gasteiger partial charge is 0.389 e. The van der Waals surface area contributed by atoms with Gasteiger partial charge in [0.05, 0.1) is 23.6 Å². The first kappa shape index (κ1) is 17.0. The highest BCUT2D eigenvalue weighted by atomic mass is 32.1. The van der Waals surface area contributed by atoms with Crippen molar-refractivity contribution in [2.75, 3.05) is 19.6 Å². The molecule has 3 N–H and O–H groups in total. The summed E-state index contributed by atoms with van der Waals surface area (Å²) in [5, 5.41) is 25.3. The van der Waals surface area contributed by atoms with Crippen molar-refractivity contribution in [3.8, 4) is 0 Å². The molecule has 1 aliphatic rings. The molecule has 0 aromatic carbocycles. The fraction of sp³-hybridized carbons (Fsp3) is 0.533. The topological polar surface area (TPSA) is 104 Å². The van der Waals surface area contributed by atoms with Gasteiger partial charge in [0, 0.05) is 44.8 Å². The number of piperidine rings is 1. The molecule has 0 bridgehead atoms. The number of hydrogen-bond donors (Lipinski definition) is 3. The standard InChI is InChI=1S/C15H21N5O3S/c1-19-4-11(17-9-19)5-20-3-2-15(23,13(21)6-20)8-16-14(22)12-7-24-10-18-12/h4,7,9-10,13,21,23H,2-3,5-6,8H2,1H3,(H,16,22)/t13-,15-/m1/s1. The first-order valence-corrected chi connectivity index (χ1v) is 8.66. The predicted octanol–water partition coefficient (Wildman–Crippen LogP) is -0.396. The Kier molecular flexibility index (Phi) is 4.95. The van der Waals surface area contributed by atoms with Crippen LogP contribution in [0.25, 0.3) is 0 Å². The minimum atomic E-state index is -1.33. The van der Waals surface area contributed by atoms with Crippen LogP contribution in [0.3, 0.4) is 0 Å². The van der Waals surface area contributed by atoms with Gasteiger partial charge in [0.15, 0.2) is 0 Å². The number of imidazole rings is 1. The van der Waals surface area contributed by atoms with Crippen molar-refractivity contribution < 1.29 is 15.0 Å². The summed E-state index contributed by atoms with van der Waals surface area (Å²) in [7, 11) is 1.91.